The van der Waals surface area contributed by atoms with Crippen LogP contribution in [0, 0.1) is 0 Å². The number of ether oxygens (including phenoxy) is 2. The monoisotopic (exact) mass is 276 g/mol. The minimum absolute atomic E-state index is 0.230. The molecular formula is C15H13ClO3. The molecule has 19 heavy (non-hydrogen) atoms. The number of hydrogen-bond donors (Lipinski definition) is 0. The number of hydrogen-bond acceptors (Lipinski definition) is 3. The van der Waals surface area contributed by atoms with Gasteiger partial charge in [-0.2, -0.15) is 0 Å². The van der Waals surface area contributed by atoms with Gasteiger partial charge in [-0.05, 0) is 42.0 Å². The van der Waals surface area contributed by atoms with Gasteiger partial charge in [0.05, 0.1) is 13.5 Å². The zero-order valence-electron chi connectivity index (χ0n) is 10.4. The average molecular weight is 277 g/mol. The molecule has 2 aromatic rings. The van der Waals surface area contributed by atoms with E-state index in [-0.39, 0.29) is 12.4 Å². The molecule has 98 valence electrons. The molecule has 0 saturated heterocycles. The summed E-state index contributed by atoms with van der Waals surface area (Å²) in [6.45, 7) is 0. The Hall–Kier alpha value is -2.00. The fraction of sp³-hybridized carbons (Fsp3) is 0.133. The summed E-state index contributed by atoms with van der Waals surface area (Å²) < 4.78 is 10.3. The van der Waals surface area contributed by atoms with E-state index in [9.17, 15) is 4.79 Å². The van der Waals surface area contributed by atoms with Crippen molar-refractivity contribution in [2.75, 3.05) is 7.11 Å². The van der Waals surface area contributed by atoms with E-state index in [1.807, 2.05) is 24.3 Å². The Morgan fingerprint density at radius 1 is 1.11 bits per heavy atom. The fourth-order valence-electron chi connectivity index (χ4n) is 1.60. The molecule has 4 heteroatoms. The van der Waals surface area contributed by atoms with Crippen molar-refractivity contribution < 1.29 is 14.3 Å². The Morgan fingerprint density at radius 3 is 2.53 bits per heavy atom. The van der Waals surface area contributed by atoms with Crippen LogP contribution in [0.4, 0.5) is 0 Å². The highest BCUT2D eigenvalue weighted by molar-refractivity contribution is 6.30. The standard InChI is InChI=1S/C15H13ClO3/c1-18-15(17)10-11-3-2-4-14(9-11)19-13-7-5-12(16)6-8-13/h2-9H,10H2,1H3. The second-order valence-corrected chi connectivity index (χ2v) is 4.39. The van der Waals surface area contributed by atoms with Crippen molar-refractivity contribution in [3.63, 3.8) is 0 Å². The molecule has 0 aliphatic rings. The van der Waals surface area contributed by atoms with E-state index in [1.54, 1.807) is 24.3 Å². The molecule has 0 saturated carbocycles. The normalized spacial score (nSPS) is 10.0. The summed E-state index contributed by atoms with van der Waals surface area (Å²) in [5.41, 5.74) is 0.846. The Balaban J connectivity index is 2.10. The first-order chi connectivity index (χ1) is 9.17. The van der Waals surface area contributed by atoms with Crippen molar-refractivity contribution in [3.05, 3.63) is 59.1 Å². The third-order valence-corrected chi connectivity index (χ3v) is 2.78. The van der Waals surface area contributed by atoms with Crippen molar-refractivity contribution in [2.24, 2.45) is 0 Å². The van der Waals surface area contributed by atoms with Crippen LogP contribution in [-0.2, 0) is 16.0 Å². The minimum Gasteiger partial charge on any atom is -0.469 e. The first-order valence-electron chi connectivity index (χ1n) is 5.76. The molecule has 0 amide bonds. The highest BCUT2D eigenvalue weighted by atomic mass is 35.5. The van der Waals surface area contributed by atoms with Gasteiger partial charge in [-0.25, -0.2) is 0 Å². The van der Waals surface area contributed by atoms with Gasteiger partial charge in [0.15, 0.2) is 0 Å². The van der Waals surface area contributed by atoms with E-state index in [0.717, 1.165) is 5.56 Å². The van der Waals surface area contributed by atoms with E-state index in [1.165, 1.54) is 7.11 Å². The lowest BCUT2D eigenvalue weighted by molar-refractivity contribution is -0.139. The van der Waals surface area contributed by atoms with E-state index < -0.39 is 0 Å². The highest BCUT2D eigenvalue weighted by Gasteiger charge is 2.04. The Morgan fingerprint density at radius 2 is 1.84 bits per heavy atom. The molecule has 2 rings (SSSR count). The van der Waals surface area contributed by atoms with Crippen LogP contribution in [0.15, 0.2) is 48.5 Å². The lowest BCUT2D eigenvalue weighted by atomic mass is 10.1. The van der Waals surface area contributed by atoms with Crippen molar-refractivity contribution >= 4 is 17.6 Å². The first-order valence-corrected chi connectivity index (χ1v) is 6.14. The maximum absolute atomic E-state index is 11.2. The zero-order chi connectivity index (χ0) is 13.7. The number of halogens is 1. The number of methoxy groups -OCH3 is 1. The third-order valence-electron chi connectivity index (χ3n) is 2.52. The predicted octanol–water partition coefficient (Wildman–Crippen LogP) is 3.85. The fourth-order valence-corrected chi connectivity index (χ4v) is 1.72. The van der Waals surface area contributed by atoms with Crippen LogP contribution in [0.25, 0.3) is 0 Å². The molecule has 0 radical (unpaired) electrons. The lowest BCUT2D eigenvalue weighted by Gasteiger charge is -2.07. The van der Waals surface area contributed by atoms with Gasteiger partial charge in [-0.15, -0.1) is 0 Å². The molecule has 3 nitrogen and oxygen atoms in total. The number of carbonyl (C=O) groups is 1. The molecule has 0 N–H and O–H groups in total. The molecular weight excluding hydrogens is 264 g/mol. The van der Waals surface area contributed by atoms with E-state index in [4.69, 9.17) is 16.3 Å². The van der Waals surface area contributed by atoms with Crippen molar-refractivity contribution in [2.45, 2.75) is 6.42 Å². The van der Waals surface area contributed by atoms with Crippen molar-refractivity contribution in [1.29, 1.82) is 0 Å². The van der Waals surface area contributed by atoms with Crippen LogP contribution in [0.5, 0.6) is 11.5 Å². The quantitative estimate of drug-likeness (QED) is 0.796. The Bertz CT molecular complexity index is 564. The zero-order valence-corrected chi connectivity index (χ0v) is 11.2. The van der Waals surface area contributed by atoms with Gasteiger partial charge >= 0.3 is 5.97 Å². The van der Waals surface area contributed by atoms with E-state index in [2.05, 4.69) is 4.74 Å². The van der Waals surface area contributed by atoms with Gasteiger partial charge in [0, 0.05) is 5.02 Å². The van der Waals surface area contributed by atoms with Gasteiger partial charge < -0.3 is 9.47 Å². The molecule has 0 bridgehead atoms. The summed E-state index contributed by atoms with van der Waals surface area (Å²) in [5.74, 6) is 1.09. The van der Waals surface area contributed by atoms with Gasteiger partial charge in [0.25, 0.3) is 0 Å². The first kappa shape index (κ1) is 13.4. The molecule has 0 atom stereocenters. The molecule has 0 heterocycles. The van der Waals surface area contributed by atoms with Crippen LogP contribution in [-0.4, -0.2) is 13.1 Å². The minimum atomic E-state index is -0.274. The molecule has 0 spiro atoms. The summed E-state index contributed by atoms with van der Waals surface area (Å²) in [6.07, 6.45) is 0.230. The number of esters is 1. The van der Waals surface area contributed by atoms with E-state index >= 15 is 0 Å². The largest absolute Gasteiger partial charge is 0.469 e. The Labute approximate surface area is 116 Å². The molecule has 0 aromatic heterocycles. The highest BCUT2D eigenvalue weighted by Crippen LogP contribution is 2.23. The second kappa shape index (κ2) is 6.25. The van der Waals surface area contributed by atoms with Crippen LogP contribution >= 0.6 is 11.6 Å². The maximum Gasteiger partial charge on any atom is 0.309 e. The number of carbonyl (C=O) groups excluding carboxylic acids is 1. The third kappa shape index (κ3) is 4.00. The predicted molar refractivity (Wildman–Crippen MR) is 73.7 cm³/mol. The summed E-state index contributed by atoms with van der Waals surface area (Å²) in [6, 6.07) is 14.4. The Kier molecular flexibility index (Phi) is 4.42. The topological polar surface area (TPSA) is 35.5 Å². The molecule has 0 unspecified atom stereocenters. The van der Waals surface area contributed by atoms with Gasteiger partial charge in [-0.3, -0.25) is 4.79 Å². The molecule has 0 fully saturated rings. The second-order valence-electron chi connectivity index (χ2n) is 3.96. The molecule has 0 aliphatic carbocycles. The number of benzene rings is 2. The SMILES string of the molecule is COC(=O)Cc1cccc(Oc2ccc(Cl)cc2)c1. The van der Waals surface area contributed by atoms with Crippen LogP contribution < -0.4 is 4.74 Å². The van der Waals surface area contributed by atoms with Gasteiger partial charge in [0.2, 0.25) is 0 Å². The van der Waals surface area contributed by atoms with Crippen molar-refractivity contribution in [1.82, 2.24) is 0 Å². The molecule has 0 aliphatic heterocycles. The maximum atomic E-state index is 11.2. The van der Waals surface area contributed by atoms with Crippen molar-refractivity contribution in [3.8, 4) is 11.5 Å². The number of rotatable bonds is 4. The summed E-state index contributed by atoms with van der Waals surface area (Å²) in [4.78, 5) is 11.2. The van der Waals surface area contributed by atoms with Gasteiger partial charge in [0.1, 0.15) is 11.5 Å². The van der Waals surface area contributed by atoms with E-state index in [0.29, 0.717) is 16.5 Å². The summed E-state index contributed by atoms with van der Waals surface area (Å²) >= 11 is 5.81. The van der Waals surface area contributed by atoms with Crippen LogP contribution in [0.2, 0.25) is 5.02 Å². The smallest absolute Gasteiger partial charge is 0.309 e. The summed E-state index contributed by atoms with van der Waals surface area (Å²) in [7, 11) is 1.37. The van der Waals surface area contributed by atoms with Gasteiger partial charge in [-0.1, -0.05) is 23.7 Å². The average Bonchev–Trinajstić information content (AvgIpc) is 2.42. The van der Waals surface area contributed by atoms with Crippen LogP contribution in [0.3, 0.4) is 0 Å². The summed E-state index contributed by atoms with van der Waals surface area (Å²) in [5, 5.41) is 0.659. The molecule has 2 aromatic carbocycles. The lowest BCUT2D eigenvalue weighted by Crippen LogP contribution is -2.04. The van der Waals surface area contributed by atoms with Crippen LogP contribution in [0.1, 0.15) is 5.56 Å².